The van der Waals surface area contributed by atoms with Gasteiger partial charge >= 0.3 is 0 Å². The Kier molecular flexibility index (Phi) is 4.36. The lowest BCUT2D eigenvalue weighted by Crippen LogP contribution is -2.42. The van der Waals surface area contributed by atoms with Crippen molar-refractivity contribution in [3.63, 3.8) is 0 Å². The van der Waals surface area contributed by atoms with Gasteiger partial charge in [-0.3, -0.25) is 0 Å². The Morgan fingerprint density at radius 2 is 1.86 bits per heavy atom. The van der Waals surface area contributed by atoms with E-state index < -0.39 is 0 Å². The minimum Gasteiger partial charge on any atom is -0.398 e. The first kappa shape index (κ1) is 13.9. The number of anilines is 2. The molecule has 1 saturated heterocycles. The molecular formula is C17H22N4. The van der Waals surface area contributed by atoms with Gasteiger partial charge < -0.3 is 16.0 Å². The quantitative estimate of drug-likeness (QED) is 0.846. The molecule has 0 aliphatic carbocycles. The SMILES string of the molecule is Nc1ccccc1CNC1CCN(c2ccccn2)CC1. The molecule has 110 valence electrons. The van der Waals surface area contributed by atoms with E-state index in [-0.39, 0.29) is 0 Å². The highest BCUT2D eigenvalue weighted by molar-refractivity contribution is 5.46. The second-order valence-corrected chi connectivity index (χ2v) is 5.53. The Bertz CT molecular complexity index is 562. The molecule has 0 saturated carbocycles. The molecule has 0 unspecified atom stereocenters. The number of para-hydroxylation sites is 1. The van der Waals surface area contributed by atoms with Crippen molar-refractivity contribution in [1.82, 2.24) is 10.3 Å². The molecule has 21 heavy (non-hydrogen) atoms. The summed E-state index contributed by atoms with van der Waals surface area (Å²) in [6, 6.07) is 14.7. The summed E-state index contributed by atoms with van der Waals surface area (Å²) in [4.78, 5) is 6.78. The Morgan fingerprint density at radius 3 is 2.57 bits per heavy atom. The van der Waals surface area contributed by atoms with E-state index in [0.717, 1.165) is 44.0 Å². The van der Waals surface area contributed by atoms with Crippen LogP contribution in [0.25, 0.3) is 0 Å². The van der Waals surface area contributed by atoms with E-state index in [1.807, 2.05) is 36.5 Å². The van der Waals surface area contributed by atoms with Crippen molar-refractivity contribution in [1.29, 1.82) is 0 Å². The van der Waals surface area contributed by atoms with Gasteiger partial charge in [-0.05, 0) is 36.6 Å². The van der Waals surface area contributed by atoms with Crippen molar-refractivity contribution in [2.24, 2.45) is 0 Å². The fourth-order valence-electron chi connectivity index (χ4n) is 2.80. The first-order valence-corrected chi connectivity index (χ1v) is 7.55. The second kappa shape index (κ2) is 6.59. The molecule has 1 aliphatic rings. The summed E-state index contributed by atoms with van der Waals surface area (Å²) in [5, 5.41) is 3.62. The first-order chi connectivity index (χ1) is 10.3. The van der Waals surface area contributed by atoms with E-state index in [1.165, 1.54) is 5.56 Å². The number of nitrogens with zero attached hydrogens (tertiary/aromatic N) is 2. The summed E-state index contributed by atoms with van der Waals surface area (Å²) >= 11 is 0. The monoisotopic (exact) mass is 282 g/mol. The average molecular weight is 282 g/mol. The lowest BCUT2D eigenvalue weighted by Gasteiger charge is -2.33. The van der Waals surface area contributed by atoms with Crippen LogP contribution in [0.3, 0.4) is 0 Å². The van der Waals surface area contributed by atoms with E-state index >= 15 is 0 Å². The largest absolute Gasteiger partial charge is 0.398 e. The topological polar surface area (TPSA) is 54.2 Å². The van der Waals surface area contributed by atoms with Gasteiger partial charge in [-0.15, -0.1) is 0 Å². The molecule has 3 N–H and O–H groups in total. The van der Waals surface area contributed by atoms with Gasteiger partial charge in [-0.2, -0.15) is 0 Å². The van der Waals surface area contributed by atoms with Gasteiger partial charge in [0.15, 0.2) is 0 Å². The maximum absolute atomic E-state index is 5.98. The highest BCUT2D eigenvalue weighted by atomic mass is 15.2. The number of hydrogen-bond donors (Lipinski definition) is 2. The highest BCUT2D eigenvalue weighted by Gasteiger charge is 2.19. The molecule has 4 heteroatoms. The number of nitrogens with two attached hydrogens (primary N) is 1. The minimum absolute atomic E-state index is 0.560. The van der Waals surface area contributed by atoms with Crippen LogP contribution in [0.4, 0.5) is 11.5 Å². The predicted octanol–water partition coefficient (Wildman–Crippen LogP) is 2.42. The van der Waals surface area contributed by atoms with E-state index in [0.29, 0.717) is 6.04 Å². The van der Waals surface area contributed by atoms with Gasteiger partial charge in [-0.25, -0.2) is 4.98 Å². The van der Waals surface area contributed by atoms with Crippen LogP contribution in [0, 0.1) is 0 Å². The smallest absolute Gasteiger partial charge is 0.128 e. The lowest BCUT2D eigenvalue weighted by molar-refractivity contribution is 0.413. The molecule has 0 spiro atoms. The third kappa shape index (κ3) is 3.52. The molecule has 0 radical (unpaired) electrons. The Hall–Kier alpha value is -2.07. The number of rotatable bonds is 4. The van der Waals surface area contributed by atoms with Gasteiger partial charge in [0.1, 0.15) is 5.82 Å². The van der Waals surface area contributed by atoms with Crippen molar-refractivity contribution >= 4 is 11.5 Å². The number of hydrogen-bond acceptors (Lipinski definition) is 4. The second-order valence-electron chi connectivity index (χ2n) is 5.53. The van der Waals surface area contributed by atoms with E-state index in [9.17, 15) is 0 Å². The fraction of sp³-hybridized carbons (Fsp3) is 0.353. The van der Waals surface area contributed by atoms with Crippen LogP contribution in [0.15, 0.2) is 48.7 Å². The molecule has 2 aromatic rings. The molecular weight excluding hydrogens is 260 g/mol. The van der Waals surface area contributed by atoms with Crippen LogP contribution in [-0.2, 0) is 6.54 Å². The molecule has 3 rings (SSSR count). The molecule has 0 atom stereocenters. The normalized spacial score (nSPS) is 16.1. The molecule has 1 fully saturated rings. The highest BCUT2D eigenvalue weighted by Crippen LogP contribution is 2.18. The van der Waals surface area contributed by atoms with Crippen molar-refractivity contribution in [3.8, 4) is 0 Å². The number of benzene rings is 1. The molecule has 0 bridgehead atoms. The average Bonchev–Trinajstić information content (AvgIpc) is 2.55. The third-order valence-electron chi connectivity index (χ3n) is 4.10. The summed E-state index contributed by atoms with van der Waals surface area (Å²) in [5.41, 5.74) is 8.03. The van der Waals surface area contributed by atoms with E-state index in [1.54, 1.807) is 0 Å². The molecule has 2 heterocycles. The summed E-state index contributed by atoms with van der Waals surface area (Å²) in [6.07, 6.45) is 4.14. The van der Waals surface area contributed by atoms with Gasteiger partial charge in [0, 0.05) is 37.6 Å². The lowest BCUT2D eigenvalue weighted by atomic mass is 10.0. The number of nitrogens with one attached hydrogen (secondary N) is 1. The summed E-state index contributed by atoms with van der Waals surface area (Å²) in [6.45, 7) is 2.96. The van der Waals surface area contributed by atoms with E-state index in [4.69, 9.17) is 5.73 Å². The summed E-state index contributed by atoms with van der Waals surface area (Å²) in [7, 11) is 0. The van der Waals surface area contributed by atoms with Crippen LogP contribution < -0.4 is 16.0 Å². The van der Waals surface area contributed by atoms with Crippen LogP contribution in [0.2, 0.25) is 0 Å². The first-order valence-electron chi connectivity index (χ1n) is 7.55. The molecule has 4 nitrogen and oxygen atoms in total. The fourth-order valence-corrected chi connectivity index (χ4v) is 2.80. The predicted molar refractivity (Wildman–Crippen MR) is 87.2 cm³/mol. The van der Waals surface area contributed by atoms with Gasteiger partial charge in [0.05, 0.1) is 0 Å². The Morgan fingerprint density at radius 1 is 1.10 bits per heavy atom. The number of pyridine rings is 1. The van der Waals surface area contributed by atoms with E-state index in [2.05, 4.69) is 27.3 Å². The van der Waals surface area contributed by atoms with Crippen LogP contribution in [-0.4, -0.2) is 24.1 Å². The molecule has 1 aromatic carbocycles. The van der Waals surface area contributed by atoms with Gasteiger partial charge in [-0.1, -0.05) is 24.3 Å². The van der Waals surface area contributed by atoms with Crippen molar-refractivity contribution in [3.05, 3.63) is 54.2 Å². The van der Waals surface area contributed by atoms with Gasteiger partial charge in [0.2, 0.25) is 0 Å². The molecule has 1 aromatic heterocycles. The maximum atomic E-state index is 5.98. The zero-order valence-electron chi connectivity index (χ0n) is 12.2. The van der Waals surface area contributed by atoms with Crippen molar-refractivity contribution in [2.75, 3.05) is 23.7 Å². The van der Waals surface area contributed by atoms with Crippen molar-refractivity contribution in [2.45, 2.75) is 25.4 Å². The summed E-state index contributed by atoms with van der Waals surface area (Å²) in [5.74, 6) is 1.09. The van der Waals surface area contributed by atoms with Crippen LogP contribution in [0.1, 0.15) is 18.4 Å². The zero-order valence-corrected chi connectivity index (χ0v) is 12.2. The zero-order chi connectivity index (χ0) is 14.5. The Balaban J connectivity index is 1.49. The van der Waals surface area contributed by atoms with Crippen molar-refractivity contribution < 1.29 is 0 Å². The number of nitrogen functional groups attached to an aromatic ring is 1. The Labute approximate surface area is 126 Å². The van der Waals surface area contributed by atoms with Crippen LogP contribution in [0.5, 0.6) is 0 Å². The summed E-state index contributed by atoms with van der Waals surface area (Å²) < 4.78 is 0. The van der Waals surface area contributed by atoms with Crippen LogP contribution >= 0.6 is 0 Å². The third-order valence-corrected chi connectivity index (χ3v) is 4.10. The number of piperidine rings is 1. The maximum Gasteiger partial charge on any atom is 0.128 e. The minimum atomic E-state index is 0.560. The molecule has 1 aliphatic heterocycles. The van der Waals surface area contributed by atoms with Gasteiger partial charge in [0.25, 0.3) is 0 Å². The molecule has 0 amide bonds. The standard InChI is InChI=1S/C17H22N4/c18-16-6-2-1-5-14(16)13-20-15-8-11-21(12-9-15)17-7-3-4-10-19-17/h1-7,10,15,20H,8-9,11-13,18H2. The number of aromatic nitrogens is 1.